The number of hydrogen-bond donors (Lipinski definition) is 0. The summed E-state index contributed by atoms with van der Waals surface area (Å²) in [6.07, 6.45) is 0. The summed E-state index contributed by atoms with van der Waals surface area (Å²) in [6.45, 7) is 0. The fraction of sp³-hybridized carbons (Fsp3) is 0.750. The van der Waals surface area contributed by atoms with E-state index in [1.165, 1.54) is 0 Å². The Kier molecular flexibility index (Phi) is 8.94. The largest absolute Gasteiger partial charge is 0.279 e. The maximum atomic E-state index is 6.02. The van der Waals surface area contributed by atoms with Crippen molar-refractivity contribution in [1.29, 1.82) is 0 Å². The number of nitrogens with zero attached hydrogens (tertiary/aromatic N) is 3. The van der Waals surface area contributed by atoms with Crippen LogP contribution in [0.3, 0.4) is 0 Å². The van der Waals surface area contributed by atoms with Crippen LogP contribution < -0.4 is 0 Å². The van der Waals surface area contributed by atoms with Crippen molar-refractivity contribution in [3.63, 3.8) is 0 Å². The molecule has 0 radical (unpaired) electrons. The van der Waals surface area contributed by atoms with Gasteiger partial charge < -0.3 is 0 Å². The predicted molar refractivity (Wildman–Crippen MR) is 121 cm³/mol. The van der Waals surface area contributed by atoms with Gasteiger partial charge in [-0.15, -0.1) is 0 Å². The fourth-order valence-corrected chi connectivity index (χ4v) is 4.98. The van der Waals surface area contributed by atoms with E-state index in [1.807, 2.05) is 0 Å². The van der Waals surface area contributed by atoms with Crippen LogP contribution in [0, 0.1) is 0 Å². The Morgan fingerprint density at radius 2 is 1.00 bits per heavy atom. The van der Waals surface area contributed by atoms with Gasteiger partial charge in [0.1, 0.15) is 0 Å². The van der Waals surface area contributed by atoms with E-state index in [2.05, 4.69) is 9.98 Å². The smallest absolute Gasteiger partial charge is 0.271 e. The second-order valence-corrected chi connectivity index (χ2v) is 15.7. The molecule has 0 atom stereocenters. The summed E-state index contributed by atoms with van der Waals surface area (Å²) in [4.78, 5) is 8.14. The Hall–Kier alpha value is 3.49. The lowest BCUT2D eigenvalue weighted by molar-refractivity contribution is 0.178. The second kappa shape index (κ2) is 8.45. The molecule has 1 heterocycles. The number of amidine groups is 2. The van der Waals surface area contributed by atoms with Gasteiger partial charge in [-0.3, -0.25) is 4.90 Å². The minimum atomic E-state index is -2.71. The Balaban J connectivity index is 4.12. The number of halogens is 15. The van der Waals surface area contributed by atoms with Gasteiger partial charge in [-0.05, 0) is 0 Å². The third-order valence-corrected chi connectivity index (χ3v) is 5.67. The molecule has 0 spiro atoms. The monoisotopic (exact) mass is 663 g/mol. The van der Waals surface area contributed by atoms with E-state index in [1.54, 1.807) is 0 Å². The van der Waals surface area contributed by atoms with E-state index in [4.69, 9.17) is 174 Å². The Labute approximate surface area is 222 Å². The van der Waals surface area contributed by atoms with Crippen LogP contribution in [-0.4, -0.2) is 41.3 Å². The van der Waals surface area contributed by atoms with Crippen LogP contribution in [0.15, 0.2) is 9.98 Å². The molecule has 1 aliphatic rings. The van der Waals surface area contributed by atoms with Gasteiger partial charge in [0.25, 0.3) is 3.92 Å². The molecule has 0 saturated heterocycles. The summed E-state index contributed by atoms with van der Waals surface area (Å²) >= 11 is 89.1. The zero-order valence-corrected chi connectivity index (χ0v) is 22.4. The maximum absolute atomic E-state index is 6.02. The lowest BCUT2D eigenvalue weighted by Crippen LogP contribution is -2.72. The van der Waals surface area contributed by atoms with Crippen LogP contribution in [0.4, 0.5) is 0 Å². The fourth-order valence-electron chi connectivity index (χ4n) is 1.69. The average molecular weight is 670 g/mol. The quantitative estimate of drug-likeness (QED) is 0.188. The van der Waals surface area contributed by atoms with E-state index in [0.717, 1.165) is 0 Å². The summed E-state index contributed by atoms with van der Waals surface area (Å²) < 4.78 is -12.6. The van der Waals surface area contributed by atoms with Crippen molar-refractivity contribution in [2.45, 2.75) is 24.7 Å². The first-order valence-electron chi connectivity index (χ1n) is 5.40. The summed E-state index contributed by atoms with van der Waals surface area (Å²) in [5.41, 5.74) is -2.71. The normalized spacial score (nSPS) is 20.0. The highest BCUT2D eigenvalue weighted by Gasteiger charge is 2.72. The number of rotatable bonds is 0. The zero-order valence-electron chi connectivity index (χ0n) is 11.0. The predicted octanol–water partition coefficient (Wildman–Crippen LogP) is 8.60. The summed E-state index contributed by atoms with van der Waals surface area (Å²) in [7, 11) is 0. The minimum Gasteiger partial charge on any atom is -0.279 e. The Morgan fingerprint density at radius 1 is 0.615 bits per heavy atom. The van der Waals surface area contributed by atoms with Crippen molar-refractivity contribution >= 4 is 186 Å². The molecule has 1 aliphatic heterocycles. The van der Waals surface area contributed by atoms with E-state index < -0.39 is 36.4 Å². The van der Waals surface area contributed by atoms with Gasteiger partial charge in [0.2, 0.25) is 20.8 Å². The summed E-state index contributed by atoms with van der Waals surface area (Å²) in [5, 5.41) is 0. The maximum Gasteiger partial charge on any atom is 0.271 e. The van der Waals surface area contributed by atoms with Crippen LogP contribution in [0.1, 0.15) is 0 Å². The van der Waals surface area contributed by atoms with Gasteiger partial charge in [0.05, 0.1) is 0 Å². The summed E-state index contributed by atoms with van der Waals surface area (Å²) in [5.74, 6) is -1.39. The molecule has 0 bridgehead atoms. The number of alkyl halides is 15. The topological polar surface area (TPSA) is 28.0 Å². The lowest BCUT2D eigenvalue weighted by atomic mass is 10.1. The van der Waals surface area contributed by atoms with E-state index in [-0.39, 0.29) is 0 Å². The molecule has 0 unspecified atom stereocenters. The highest BCUT2D eigenvalue weighted by atomic mass is 35.6. The van der Waals surface area contributed by atoms with Crippen molar-refractivity contribution in [3.05, 3.63) is 0 Å². The molecular weight excluding hydrogens is 670 g/mol. The van der Waals surface area contributed by atoms with Crippen molar-refractivity contribution in [1.82, 2.24) is 4.90 Å². The first kappa shape index (κ1) is 27.5. The molecule has 0 fully saturated rings. The highest BCUT2D eigenvalue weighted by molar-refractivity contribution is 6.81. The van der Waals surface area contributed by atoms with E-state index in [0.29, 0.717) is 4.90 Å². The Bertz CT molecular complexity index is 595. The van der Waals surface area contributed by atoms with Crippen LogP contribution in [0.2, 0.25) is 0 Å². The number of aliphatic imine (C=N–C) groups is 2. The van der Waals surface area contributed by atoms with Crippen LogP contribution >= 0.6 is 174 Å². The molecule has 0 aromatic carbocycles. The average Bonchev–Trinajstić information content (AvgIpc) is 2.30. The first-order valence-corrected chi connectivity index (χ1v) is 11.1. The van der Waals surface area contributed by atoms with Gasteiger partial charge in [-0.25, -0.2) is 9.98 Å². The van der Waals surface area contributed by atoms with E-state index in [9.17, 15) is 0 Å². The standard InChI is InChI=1S/C8Cl15N3/c9-3(10,11)1-24-2(4(12,13)14)26(8(21,22)23)5(25-1,6(15,16)17)7(18,19)20. The molecule has 0 amide bonds. The van der Waals surface area contributed by atoms with Crippen molar-refractivity contribution in [2.75, 3.05) is 0 Å². The third-order valence-electron chi connectivity index (χ3n) is 2.57. The lowest BCUT2D eigenvalue weighted by Gasteiger charge is -2.54. The highest BCUT2D eigenvalue weighted by Crippen LogP contribution is 2.61. The molecule has 0 N–H and O–H groups in total. The van der Waals surface area contributed by atoms with Crippen LogP contribution in [-0.2, 0) is 0 Å². The third kappa shape index (κ3) is 5.64. The molecule has 0 saturated carbocycles. The Morgan fingerprint density at radius 3 is 1.23 bits per heavy atom. The van der Waals surface area contributed by atoms with Gasteiger partial charge in [0.15, 0.2) is 11.7 Å². The molecule has 1 rings (SSSR count). The second-order valence-electron chi connectivity index (χ2n) is 4.34. The van der Waals surface area contributed by atoms with Crippen molar-refractivity contribution in [2.24, 2.45) is 9.98 Å². The van der Waals surface area contributed by atoms with Crippen molar-refractivity contribution in [3.8, 4) is 0 Å². The van der Waals surface area contributed by atoms with Crippen LogP contribution in [0.25, 0.3) is 0 Å². The van der Waals surface area contributed by atoms with E-state index >= 15 is 0 Å². The number of hydrogen-bond acceptors (Lipinski definition) is 3. The minimum absolute atomic E-state index is 0.470. The van der Waals surface area contributed by atoms with Gasteiger partial charge >= 0.3 is 0 Å². The molecular formula is C8Cl15N3. The first-order chi connectivity index (χ1) is 11.1. The van der Waals surface area contributed by atoms with Gasteiger partial charge in [-0.1, -0.05) is 174 Å². The zero-order chi connectivity index (χ0) is 21.1. The summed E-state index contributed by atoms with van der Waals surface area (Å²) in [6, 6.07) is 0. The molecule has 152 valence electrons. The van der Waals surface area contributed by atoms with Crippen LogP contribution in [0.5, 0.6) is 0 Å². The molecule has 0 aromatic rings. The molecule has 18 heteroatoms. The molecule has 0 aromatic heterocycles. The molecule has 0 aliphatic carbocycles. The van der Waals surface area contributed by atoms with Crippen molar-refractivity contribution < 1.29 is 0 Å². The van der Waals surface area contributed by atoms with Gasteiger partial charge in [-0.2, -0.15) is 0 Å². The molecule has 26 heavy (non-hydrogen) atoms. The SMILES string of the molecule is ClC(Cl)(Cl)C1=NC(C(Cl)(Cl)Cl)(C(Cl)(Cl)Cl)N(C(Cl)(Cl)Cl)C(C(Cl)(Cl)Cl)=N1. The molecule has 3 nitrogen and oxygen atoms in total. The van der Waals surface area contributed by atoms with Gasteiger partial charge in [0, 0.05) is 0 Å².